The fraction of sp³-hybridized carbons (Fsp3) is 0.292. The average molecular weight is 402 g/mol. The molecule has 1 saturated heterocycles. The van der Waals surface area contributed by atoms with Crippen molar-refractivity contribution in [2.24, 2.45) is 5.92 Å². The highest BCUT2D eigenvalue weighted by molar-refractivity contribution is 5.90. The number of amides is 1. The van der Waals surface area contributed by atoms with Gasteiger partial charge in [0.2, 0.25) is 5.91 Å². The molecule has 1 aromatic heterocycles. The molecule has 154 valence electrons. The molecule has 0 spiro atoms. The van der Waals surface area contributed by atoms with Gasteiger partial charge in [-0.15, -0.1) is 0 Å². The lowest BCUT2D eigenvalue weighted by Crippen LogP contribution is -2.37. The number of para-hydroxylation sites is 1. The maximum Gasteiger partial charge on any atom is 0.267 e. The van der Waals surface area contributed by atoms with Gasteiger partial charge in [-0.05, 0) is 48.9 Å². The highest BCUT2D eigenvalue weighted by atomic mass is 16.2. The quantitative estimate of drug-likeness (QED) is 0.687. The molecule has 0 atom stereocenters. The van der Waals surface area contributed by atoms with Gasteiger partial charge in [0.1, 0.15) is 12.4 Å². The van der Waals surface area contributed by atoms with Crippen molar-refractivity contribution in [2.45, 2.75) is 25.8 Å². The van der Waals surface area contributed by atoms with Gasteiger partial charge >= 0.3 is 0 Å². The minimum Gasteiger partial charge on any atom is -0.355 e. The molecule has 0 saturated carbocycles. The van der Waals surface area contributed by atoms with Crippen LogP contribution >= 0.6 is 0 Å². The number of anilines is 2. The van der Waals surface area contributed by atoms with E-state index in [0.717, 1.165) is 38.2 Å². The van der Waals surface area contributed by atoms with Crippen LogP contribution in [0.4, 0.5) is 11.5 Å². The van der Waals surface area contributed by atoms with Crippen molar-refractivity contribution < 1.29 is 4.79 Å². The van der Waals surface area contributed by atoms with Crippen LogP contribution in [0.3, 0.4) is 0 Å². The molecule has 2 heterocycles. The lowest BCUT2D eigenvalue weighted by molar-refractivity contribution is -0.117. The van der Waals surface area contributed by atoms with Gasteiger partial charge in [-0.3, -0.25) is 9.59 Å². The highest BCUT2D eigenvalue weighted by Crippen LogP contribution is 2.24. The van der Waals surface area contributed by atoms with E-state index in [4.69, 9.17) is 0 Å². The monoisotopic (exact) mass is 402 g/mol. The Morgan fingerprint density at radius 2 is 1.60 bits per heavy atom. The fourth-order valence-electron chi connectivity index (χ4n) is 3.89. The Hall–Kier alpha value is -3.41. The molecule has 1 amide bonds. The Morgan fingerprint density at radius 1 is 0.933 bits per heavy atom. The van der Waals surface area contributed by atoms with Crippen molar-refractivity contribution in [3.05, 3.63) is 88.7 Å². The smallest absolute Gasteiger partial charge is 0.267 e. The zero-order chi connectivity index (χ0) is 20.8. The first kappa shape index (κ1) is 19.9. The van der Waals surface area contributed by atoms with Crippen molar-refractivity contribution in [3.8, 4) is 0 Å². The molecule has 6 heteroatoms. The van der Waals surface area contributed by atoms with Gasteiger partial charge in [-0.25, -0.2) is 4.68 Å². The highest BCUT2D eigenvalue weighted by Gasteiger charge is 2.21. The predicted molar refractivity (Wildman–Crippen MR) is 119 cm³/mol. The molecule has 0 unspecified atom stereocenters. The number of hydrogen-bond acceptors (Lipinski definition) is 4. The molecule has 1 aliphatic heterocycles. The van der Waals surface area contributed by atoms with Crippen LogP contribution in [0.2, 0.25) is 0 Å². The lowest BCUT2D eigenvalue weighted by Gasteiger charge is -2.33. The second-order valence-electron chi connectivity index (χ2n) is 7.72. The lowest BCUT2D eigenvalue weighted by atomic mass is 9.90. The molecule has 2 aromatic carbocycles. The van der Waals surface area contributed by atoms with Gasteiger partial charge in [0.25, 0.3) is 5.56 Å². The van der Waals surface area contributed by atoms with E-state index in [1.54, 1.807) is 6.07 Å². The van der Waals surface area contributed by atoms with Gasteiger partial charge in [-0.2, -0.15) is 5.10 Å². The summed E-state index contributed by atoms with van der Waals surface area (Å²) in [6.45, 7) is 1.70. The molecule has 6 nitrogen and oxygen atoms in total. The van der Waals surface area contributed by atoms with E-state index in [0.29, 0.717) is 11.6 Å². The van der Waals surface area contributed by atoms with Gasteiger partial charge in [0.05, 0.1) is 0 Å². The van der Waals surface area contributed by atoms with Crippen LogP contribution in [-0.2, 0) is 17.8 Å². The minimum atomic E-state index is -0.277. The molecular formula is C24H26N4O2. The standard InChI is InChI=1S/C24H26N4O2/c29-23(25-21-9-5-2-6-10-21)18-28-24(30)12-11-22(26-28)27-15-13-20(14-16-27)17-19-7-3-1-4-8-19/h1-12,20H,13-18H2,(H,25,29). The summed E-state index contributed by atoms with van der Waals surface area (Å²) in [4.78, 5) is 26.7. The van der Waals surface area contributed by atoms with Gasteiger partial charge < -0.3 is 10.2 Å². The molecule has 0 bridgehead atoms. The summed E-state index contributed by atoms with van der Waals surface area (Å²) in [5.74, 6) is 1.14. The summed E-state index contributed by atoms with van der Waals surface area (Å²) in [5.41, 5.74) is 1.81. The molecule has 0 aliphatic carbocycles. The first-order valence-corrected chi connectivity index (χ1v) is 10.4. The summed E-state index contributed by atoms with van der Waals surface area (Å²) in [7, 11) is 0. The van der Waals surface area contributed by atoms with Crippen LogP contribution in [-0.4, -0.2) is 28.8 Å². The topological polar surface area (TPSA) is 67.2 Å². The zero-order valence-electron chi connectivity index (χ0n) is 16.9. The molecule has 1 fully saturated rings. The minimum absolute atomic E-state index is 0.105. The Balaban J connectivity index is 1.36. The Bertz CT molecular complexity index is 1030. The summed E-state index contributed by atoms with van der Waals surface area (Å²) in [5, 5.41) is 7.25. The van der Waals surface area contributed by atoms with Crippen molar-refractivity contribution in [3.63, 3.8) is 0 Å². The molecule has 1 N–H and O–H groups in total. The third-order valence-corrected chi connectivity index (χ3v) is 5.51. The summed E-state index contributed by atoms with van der Waals surface area (Å²) < 4.78 is 1.24. The first-order valence-electron chi connectivity index (χ1n) is 10.4. The molecule has 1 aliphatic rings. The van der Waals surface area contributed by atoms with E-state index in [1.807, 2.05) is 36.4 Å². The van der Waals surface area contributed by atoms with Crippen molar-refractivity contribution in [1.29, 1.82) is 0 Å². The maximum atomic E-state index is 12.3. The fourth-order valence-corrected chi connectivity index (χ4v) is 3.89. The number of aromatic nitrogens is 2. The summed E-state index contributed by atoms with van der Waals surface area (Å²) >= 11 is 0. The van der Waals surface area contributed by atoms with E-state index < -0.39 is 0 Å². The SMILES string of the molecule is O=C(Cn1nc(N2CCC(Cc3ccccc3)CC2)ccc1=O)Nc1ccccc1. The molecular weight excluding hydrogens is 376 g/mol. The van der Waals surface area contributed by atoms with Crippen LogP contribution in [0.5, 0.6) is 0 Å². The maximum absolute atomic E-state index is 12.3. The number of piperidine rings is 1. The van der Waals surface area contributed by atoms with E-state index in [9.17, 15) is 9.59 Å². The second kappa shape index (κ2) is 9.39. The molecule has 4 rings (SSSR count). The number of nitrogens with one attached hydrogen (secondary N) is 1. The van der Waals surface area contributed by atoms with Crippen molar-refractivity contribution in [1.82, 2.24) is 9.78 Å². The van der Waals surface area contributed by atoms with Gasteiger partial charge in [0.15, 0.2) is 0 Å². The summed E-state index contributed by atoms with van der Waals surface area (Å²) in [6.07, 6.45) is 3.27. The van der Waals surface area contributed by atoms with Crippen molar-refractivity contribution >= 4 is 17.4 Å². The van der Waals surface area contributed by atoms with Crippen LogP contribution in [0.1, 0.15) is 18.4 Å². The van der Waals surface area contributed by atoms with Gasteiger partial charge in [0, 0.05) is 24.8 Å². The number of carbonyl (C=O) groups is 1. The van der Waals surface area contributed by atoms with E-state index in [2.05, 4.69) is 39.6 Å². The van der Waals surface area contributed by atoms with Crippen LogP contribution < -0.4 is 15.8 Å². The van der Waals surface area contributed by atoms with Gasteiger partial charge in [-0.1, -0.05) is 48.5 Å². The second-order valence-corrected chi connectivity index (χ2v) is 7.72. The average Bonchev–Trinajstić information content (AvgIpc) is 2.77. The van der Waals surface area contributed by atoms with Crippen molar-refractivity contribution in [2.75, 3.05) is 23.3 Å². The van der Waals surface area contributed by atoms with E-state index in [-0.39, 0.29) is 18.0 Å². The number of hydrogen-bond donors (Lipinski definition) is 1. The van der Waals surface area contributed by atoms with Crippen LogP contribution in [0.15, 0.2) is 77.6 Å². The van der Waals surface area contributed by atoms with E-state index >= 15 is 0 Å². The first-order chi connectivity index (χ1) is 14.7. The van der Waals surface area contributed by atoms with E-state index in [1.165, 1.54) is 16.3 Å². The Kier molecular flexibility index (Phi) is 6.23. The Labute approximate surface area is 176 Å². The number of rotatable bonds is 6. The van der Waals surface area contributed by atoms with Crippen LogP contribution in [0, 0.1) is 5.92 Å². The number of nitrogens with zero attached hydrogens (tertiary/aromatic N) is 3. The summed E-state index contributed by atoms with van der Waals surface area (Å²) in [6, 6.07) is 23.0. The Morgan fingerprint density at radius 3 is 2.30 bits per heavy atom. The largest absolute Gasteiger partial charge is 0.355 e. The number of carbonyl (C=O) groups excluding carboxylic acids is 1. The third kappa shape index (κ3) is 5.14. The molecule has 3 aromatic rings. The normalized spacial score (nSPS) is 14.5. The molecule has 30 heavy (non-hydrogen) atoms. The zero-order valence-corrected chi connectivity index (χ0v) is 16.9. The molecule has 0 radical (unpaired) electrons. The predicted octanol–water partition coefficient (Wildman–Crippen LogP) is 3.34. The third-order valence-electron chi connectivity index (χ3n) is 5.51. The number of benzene rings is 2. The van der Waals surface area contributed by atoms with Crippen LogP contribution in [0.25, 0.3) is 0 Å².